The zero-order valence-corrected chi connectivity index (χ0v) is 13.2. The number of nitrogens with one attached hydrogen (secondary N) is 1. The second kappa shape index (κ2) is 6.89. The van der Waals surface area contributed by atoms with Crippen LogP contribution in [0.3, 0.4) is 0 Å². The van der Waals surface area contributed by atoms with E-state index in [0.717, 1.165) is 0 Å². The Bertz CT molecular complexity index is 667. The van der Waals surface area contributed by atoms with Crippen LogP contribution in [0, 0.1) is 0 Å². The summed E-state index contributed by atoms with van der Waals surface area (Å²) >= 11 is 17.9. The van der Waals surface area contributed by atoms with E-state index in [-0.39, 0.29) is 5.75 Å². The molecule has 0 unspecified atom stereocenters. The summed E-state index contributed by atoms with van der Waals surface area (Å²) in [6, 6.07) is 7.91. The van der Waals surface area contributed by atoms with Crippen LogP contribution in [0.5, 0.6) is 11.5 Å². The van der Waals surface area contributed by atoms with Crippen LogP contribution in [0.4, 0.5) is 5.69 Å². The van der Waals surface area contributed by atoms with E-state index in [1.807, 2.05) is 0 Å². The number of benzene rings is 2. The number of halogens is 3. The molecule has 0 aliphatic heterocycles. The summed E-state index contributed by atoms with van der Waals surface area (Å²) in [5.41, 5.74) is 3.64. The van der Waals surface area contributed by atoms with Gasteiger partial charge in [0.2, 0.25) is 0 Å². The first-order chi connectivity index (χ1) is 10.0. The lowest BCUT2D eigenvalue weighted by Gasteiger charge is -2.07. The number of phenols is 1. The number of anilines is 1. The number of rotatable bonds is 4. The Labute approximate surface area is 136 Å². The van der Waals surface area contributed by atoms with Gasteiger partial charge in [-0.25, -0.2) is 0 Å². The Morgan fingerprint density at radius 3 is 2.43 bits per heavy atom. The highest BCUT2D eigenvalue weighted by Gasteiger charge is 2.07. The summed E-state index contributed by atoms with van der Waals surface area (Å²) in [6.07, 6.45) is 1.43. The van der Waals surface area contributed by atoms with Crippen molar-refractivity contribution in [3.8, 4) is 11.5 Å². The predicted octanol–water partition coefficient (Wildman–Crippen LogP) is 4.81. The molecule has 4 nitrogen and oxygen atoms in total. The quantitative estimate of drug-likeness (QED) is 0.618. The first-order valence-electron chi connectivity index (χ1n) is 5.82. The van der Waals surface area contributed by atoms with Gasteiger partial charge in [-0.1, -0.05) is 34.8 Å². The van der Waals surface area contributed by atoms with E-state index >= 15 is 0 Å². The number of hydrogen-bond donors (Lipinski definition) is 2. The monoisotopic (exact) mass is 344 g/mol. The van der Waals surface area contributed by atoms with Crippen molar-refractivity contribution in [2.75, 3.05) is 12.5 Å². The van der Waals surface area contributed by atoms with Crippen molar-refractivity contribution in [1.82, 2.24) is 0 Å². The van der Waals surface area contributed by atoms with Gasteiger partial charge in [-0.15, -0.1) is 0 Å². The first kappa shape index (κ1) is 15.8. The second-order valence-electron chi connectivity index (χ2n) is 4.04. The number of aromatic hydroxyl groups is 1. The van der Waals surface area contributed by atoms with Crippen LogP contribution < -0.4 is 10.2 Å². The average Bonchev–Trinajstić information content (AvgIpc) is 2.43. The molecule has 2 aromatic carbocycles. The molecule has 2 aromatic rings. The minimum Gasteiger partial charge on any atom is -0.507 e. The molecule has 0 radical (unpaired) electrons. The van der Waals surface area contributed by atoms with Gasteiger partial charge < -0.3 is 9.84 Å². The molecule has 0 aliphatic rings. The van der Waals surface area contributed by atoms with E-state index in [9.17, 15) is 5.11 Å². The van der Waals surface area contributed by atoms with E-state index in [2.05, 4.69) is 10.5 Å². The third-order valence-electron chi connectivity index (χ3n) is 2.62. The molecule has 21 heavy (non-hydrogen) atoms. The smallest absolute Gasteiger partial charge is 0.124 e. The highest BCUT2D eigenvalue weighted by molar-refractivity contribution is 6.41. The maximum absolute atomic E-state index is 9.73. The summed E-state index contributed by atoms with van der Waals surface area (Å²) < 4.78 is 5.08. The van der Waals surface area contributed by atoms with Gasteiger partial charge in [-0.3, -0.25) is 5.43 Å². The minimum absolute atomic E-state index is 0.0784. The fourth-order valence-corrected chi connectivity index (χ4v) is 2.48. The van der Waals surface area contributed by atoms with E-state index < -0.39 is 0 Å². The zero-order chi connectivity index (χ0) is 15.4. The number of nitrogens with zero attached hydrogens (tertiary/aromatic N) is 1. The van der Waals surface area contributed by atoms with Crippen molar-refractivity contribution in [2.24, 2.45) is 5.10 Å². The lowest BCUT2D eigenvalue weighted by atomic mass is 10.2. The lowest BCUT2D eigenvalue weighted by Crippen LogP contribution is -1.94. The number of ether oxygens (including phenoxy) is 1. The maximum atomic E-state index is 9.73. The second-order valence-corrected chi connectivity index (χ2v) is 5.29. The van der Waals surface area contributed by atoms with Crippen LogP contribution in [0.2, 0.25) is 15.1 Å². The van der Waals surface area contributed by atoms with Gasteiger partial charge in [0.15, 0.2) is 0 Å². The SMILES string of the molecule is COc1ccc(O)c(/C=N/Nc2c(Cl)cc(Cl)cc2Cl)c1. The van der Waals surface area contributed by atoms with E-state index in [1.165, 1.54) is 12.3 Å². The Morgan fingerprint density at radius 2 is 1.81 bits per heavy atom. The highest BCUT2D eigenvalue weighted by atomic mass is 35.5. The molecular weight excluding hydrogens is 335 g/mol. The summed E-state index contributed by atoms with van der Waals surface area (Å²) in [4.78, 5) is 0. The zero-order valence-electron chi connectivity index (χ0n) is 10.9. The molecule has 2 rings (SSSR count). The maximum Gasteiger partial charge on any atom is 0.124 e. The van der Waals surface area contributed by atoms with Gasteiger partial charge in [-0.05, 0) is 30.3 Å². The van der Waals surface area contributed by atoms with Crippen LogP contribution >= 0.6 is 34.8 Å². The van der Waals surface area contributed by atoms with Crippen molar-refractivity contribution in [3.05, 3.63) is 51.0 Å². The van der Waals surface area contributed by atoms with Gasteiger partial charge in [0.05, 0.1) is 29.1 Å². The highest BCUT2D eigenvalue weighted by Crippen LogP contribution is 2.33. The standard InChI is InChI=1S/C14H11Cl3N2O2/c1-21-10-2-3-13(20)8(4-10)7-18-19-14-11(16)5-9(15)6-12(14)17/h2-7,19-20H,1H3/b18-7+. The predicted molar refractivity (Wildman–Crippen MR) is 87.3 cm³/mol. The summed E-state index contributed by atoms with van der Waals surface area (Å²) in [6.45, 7) is 0. The van der Waals surface area contributed by atoms with Crippen molar-refractivity contribution in [2.45, 2.75) is 0 Å². The molecule has 0 spiro atoms. The first-order valence-corrected chi connectivity index (χ1v) is 6.95. The molecule has 0 saturated heterocycles. The van der Waals surface area contributed by atoms with E-state index in [0.29, 0.717) is 32.1 Å². The molecule has 110 valence electrons. The summed E-state index contributed by atoms with van der Waals surface area (Å²) in [7, 11) is 1.54. The summed E-state index contributed by atoms with van der Waals surface area (Å²) in [5.74, 6) is 0.687. The van der Waals surface area contributed by atoms with Gasteiger partial charge >= 0.3 is 0 Å². The molecule has 7 heteroatoms. The Morgan fingerprint density at radius 1 is 1.14 bits per heavy atom. The number of hydrazone groups is 1. The molecule has 0 aliphatic carbocycles. The largest absolute Gasteiger partial charge is 0.507 e. The van der Waals surface area contributed by atoms with Gasteiger partial charge in [0.25, 0.3) is 0 Å². The molecule has 0 bridgehead atoms. The van der Waals surface area contributed by atoms with Crippen LogP contribution in [-0.2, 0) is 0 Å². The van der Waals surface area contributed by atoms with Crippen LogP contribution in [0.1, 0.15) is 5.56 Å². The van der Waals surface area contributed by atoms with Crippen molar-refractivity contribution in [3.63, 3.8) is 0 Å². The lowest BCUT2D eigenvalue weighted by molar-refractivity contribution is 0.412. The van der Waals surface area contributed by atoms with Gasteiger partial charge in [-0.2, -0.15) is 5.10 Å². The van der Waals surface area contributed by atoms with E-state index in [1.54, 1.807) is 31.4 Å². The Kier molecular flexibility index (Phi) is 5.17. The fourth-order valence-electron chi connectivity index (χ4n) is 1.58. The topological polar surface area (TPSA) is 53.9 Å². The van der Waals surface area contributed by atoms with Crippen LogP contribution in [0.25, 0.3) is 0 Å². The molecule has 0 atom stereocenters. The third-order valence-corrected chi connectivity index (χ3v) is 3.44. The average molecular weight is 346 g/mol. The van der Waals surface area contributed by atoms with Gasteiger partial charge in [0.1, 0.15) is 11.5 Å². The minimum atomic E-state index is 0.0784. The fraction of sp³-hybridized carbons (Fsp3) is 0.0714. The Balaban J connectivity index is 2.20. The molecule has 2 N–H and O–H groups in total. The molecule has 0 amide bonds. The molecular formula is C14H11Cl3N2O2. The van der Waals surface area contributed by atoms with Crippen molar-refractivity contribution in [1.29, 1.82) is 0 Å². The molecule has 0 saturated carbocycles. The van der Waals surface area contributed by atoms with Crippen molar-refractivity contribution >= 4 is 46.7 Å². The number of phenolic OH excluding ortho intramolecular Hbond substituents is 1. The van der Waals surface area contributed by atoms with E-state index in [4.69, 9.17) is 39.5 Å². The normalized spacial score (nSPS) is 10.9. The third kappa shape index (κ3) is 3.94. The van der Waals surface area contributed by atoms with Gasteiger partial charge in [0, 0.05) is 10.6 Å². The number of methoxy groups -OCH3 is 1. The number of hydrogen-bond acceptors (Lipinski definition) is 4. The van der Waals surface area contributed by atoms with Crippen molar-refractivity contribution < 1.29 is 9.84 Å². The van der Waals surface area contributed by atoms with Crippen LogP contribution in [0.15, 0.2) is 35.4 Å². The molecule has 0 fully saturated rings. The van der Waals surface area contributed by atoms with Crippen LogP contribution in [-0.4, -0.2) is 18.4 Å². The Hall–Kier alpha value is -1.62. The molecule has 0 heterocycles. The molecule has 0 aromatic heterocycles. The summed E-state index contributed by atoms with van der Waals surface area (Å²) in [5, 5.41) is 14.9.